The molecule has 3 heterocycles. The van der Waals surface area contributed by atoms with Crippen LogP contribution < -0.4 is 4.90 Å². The first kappa shape index (κ1) is 18.3. The zero-order valence-corrected chi connectivity index (χ0v) is 16.3. The van der Waals surface area contributed by atoms with E-state index in [9.17, 15) is 9.59 Å². The summed E-state index contributed by atoms with van der Waals surface area (Å²) in [7, 11) is 0. The highest BCUT2D eigenvalue weighted by Gasteiger charge is 2.35. The molecule has 1 aromatic rings. The number of carbonyl (C=O) groups excluding carboxylic acids is 2. The number of hydrogen-bond acceptors (Lipinski definition) is 4. The summed E-state index contributed by atoms with van der Waals surface area (Å²) in [5.41, 5.74) is 1.02. The fourth-order valence-electron chi connectivity index (χ4n) is 4.38. The van der Waals surface area contributed by atoms with Crippen molar-refractivity contribution in [2.45, 2.75) is 39.0 Å². The van der Waals surface area contributed by atoms with Crippen LogP contribution in [0.4, 0.5) is 5.82 Å². The van der Waals surface area contributed by atoms with E-state index in [1.54, 1.807) is 0 Å². The predicted octanol–water partition coefficient (Wildman–Crippen LogP) is 2.08. The summed E-state index contributed by atoms with van der Waals surface area (Å²) < 4.78 is 0. The fraction of sp³-hybridized carbons (Fsp3) is 0.667. The van der Waals surface area contributed by atoms with E-state index in [0.717, 1.165) is 76.5 Å². The van der Waals surface area contributed by atoms with Crippen LogP contribution in [0.2, 0.25) is 0 Å². The van der Waals surface area contributed by atoms with E-state index in [4.69, 9.17) is 0 Å². The van der Waals surface area contributed by atoms with E-state index in [1.807, 2.05) is 34.9 Å². The summed E-state index contributed by atoms with van der Waals surface area (Å²) in [6, 6.07) is 6.08. The van der Waals surface area contributed by atoms with Gasteiger partial charge in [-0.2, -0.15) is 0 Å². The van der Waals surface area contributed by atoms with Gasteiger partial charge in [0.25, 0.3) is 0 Å². The molecule has 6 heteroatoms. The smallest absolute Gasteiger partial charge is 0.225 e. The topological polar surface area (TPSA) is 56.8 Å². The number of anilines is 1. The molecular weight excluding hydrogens is 340 g/mol. The van der Waals surface area contributed by atoms with Crippen LogP contribution in [0.3, 0.4) is 0 Å². The molecule has 1 aromatic heterocycles. The van der Waals surface area contributed by atoms with Crippen molar-refractivity contribution in [2.24, 2.45) is 11.8 Å². The minimum Gasteiger partial charge on any atom is -0.353 e. The lowest BCUT2D eigenvalue weighted by atomic mass is 9.83. The molecule has 0 N–H and O–H groups in total. The lowest BCUT2D eigenvalue weighted by molar-refractivity contribution is -0.144. The molecule has 2 amide bonds. The Balaban J connectivity index is 1.25. The third kappa shape index (κ3) is 3.94. The number of hydrogen-bond donors (Lipinski definition) is 0. The van der Waals surface area contributed by atoms with Crippen molar-refractivity contribution >= 4 is 17.6 Å². The first-order chi connectivity index (χ1) is 13.1. The molecule has 0 unspecified atom stereocenters. The molecule has 3 aliphatic rings. The Morgan fingerprint density at radius 3 is 2.00 bits per heavy atom. The molecule has 0 aromatic carbocycles. The van der Waals surface area contributed by atoms with Gasteiger partial charge in [0.15, 0.2) is 0 Å². The van der Waals surface area contributed by atoms with E-state index >= 15 is 0 Å². The van der Waals surface area contributed by atoms with Gasteiger partial charge >= 0.3 is 0 Å². The molecule has 2 aliphatic heterocycles. The quantitative estimate of drug-likeness (QED) is 0.817. The number of aryl methyl sites for hydroxylation is 1. The van der Waals surface area contributed by atoms with Gasteiger partial charge in [-0.1, -0.05) is 12.5 Å². The molecular formula is C21H30N4O2. The normalized spacial score (nSPS) is 21.9. The average molecular weight is 370 g/mol. The van der Waals surface area contributed by atoms with Crippen molar-refractivity contribution in [1.29, 1.82) is 0 Å². The summed E-state index contributed by atoms with van der Waals surface area (Å²) in [5, 5.41) is 0. The molecule has 0 radical (unpaired) electrons. The second kappa shape index (κ2) is 7.87. The van der Waals surface area contributed by atoms with Gasteiger partial charge in [0, 0.05) is 56.8 Å². The minimum atomic E-state index is 0.0825. The number of pyridine rings is 1. The van der Waals surface area contributed by atoms with Gasteiger partial charge in [0.05, 0.1) is 0 Å². The Bertz CT molecular complexity index is 687. The van der Waals surface area contributed by atoms with Gasteiger partial charge in [-0.3, -0.25) is 9.59 Å². The predicted molar refractivity (Wildman–Crippen MR) is 104 cm³/mol. The van der Waals surface area contributed by atoms with Gasteiger partial charge < -0.3 is 14.7 Å². The standard InChI is InChI=1S/C21H30N4O2/c1-16-4-2-7-19(22-16)23-12-14-25(15-13-23)21(27)18-8-10-24(11-9-18)20(26)17-5-3-6-17/h2,4,7,17-18H,3,5-6,8-15H2,1H3. The van der Waals surface area contributed by atoms with Crippen LogP contribution in [0.5, 0.6) is 0 Å². The number of piperazine rings is 1. The molecule has 0 atom stereocenters. The second-order valence-electron chi connectivity index (χ2n) is 8.18. The molecule has 27 heavy (non-hydrogen) atoms. The van der Waals surface area contributed by atoms with Crippen molar-refractivity contribution in [3.05, 3.63) is 23.9 Å². The third-order valence-corrected chi connectivity index (χ3v) is 6.40. The monoisotopic (exact) mass is 370 g/mol. The number of piperidine rings is 1. The van der Waals surface area contributed by atoms with Crippen LogP contribution in [-0.2, 0) is 9.59 Å². The molecule has 3 fully saturated rings. The van der Waals surface area contributed by atoms with Crippen LogP contribution in [0.1, 0.15) is 37.8 Å². The van der Waals surface area contributed by atoms with Crippen LogP contribution in [0, 0.1) is 18.8 Å². The van der Waals surface area contributed by atoms with Crippen molar-refractivity contribution in [1.82, 2.24) is 14.8 Å². The first-order valence-corrected chi connectivity index (χ1v) is 10.4. The molecule has 0 spiro atoms. The van der Waals surface area contributed by atoms with Crippen molar-refractivity contribution < 1.29 is 9.59 Å². The Labute approximate surface area is 161 Å². The van der Waals surface area contributed by atoms with Crippen LogP contribution in [0.15, 0.2) is 18.2 Å². The summed E-state index contributed by atoms with van der Waals surface area (Å²) >= 11 is 0. The highest BCUT2D eigenvalue weighted by Crippen LogP contribution is 2.30. The Hall–Kier alpha value is -2.11. The first-order valence-electron chi connectivity index (χ1n) is 10.4. The zero-order chi connectivity index (χ0) is 18.8. The third-order valence-electron chi connectivity index (χ3n) is 6.40. The lowest BCUT2D eigenvalue weighted by Crippen LogP contribution is -2.52. The van der Waals surface area contributed by atoms with E-state index in [0.29, 0.717) is 5.91 Å². The van der Waals surface area contributed by atoms with Gasteiger partial charge in [0.1, 0.15) is 5.82 Å². The van der Waals surface area contributed by atoms with Gasteiger partial charge in [-0.15, -0.1) is 0 Å². The summed E-state index contributed by atoms with van der Waals surface area (Å²) in [4.78, 5) is 36.2. The van der Waals surface area contributed by atoms with Gasteiger partial charge in [-0.25, -0.2) is 4.98 Å². The van der Waals surface area contributed by atoms with E-state index in [1.165, 1.54) is 6.42 Å². The molecule has 4 rings (SSSR count). The highest BCUT2D eigenvalue weighted by atomic mass is 16.2. The van der Waals surface area contributed by atoms with Crippen LogP contribution >= 0.6 is 0 Å². The molecule has 1 saturated carbocycles. The van der Waals surface area contributed by atoms with Gasteiger partial charge in [0.2, 0.25) is 11.8 Å². The Morgan fingerprint density at radius 2 is 1.44 bits per heavy atom. The SMILES string of the molecule is Cc1cccc(N2CCN(C(=O)C3CCN(C(=O)C4CCC4)CC3)CC2)n1. The highest BCUT2D eigenvalue weighted by molar-refractivity contribution is 5.81. The van der Waals surface area contributed by atoms with Crippen LogP contribution in [-0.4, -0.2) is 65.9 Å². The maximum absolute atomic E-state index is 12.9. The maximum atomic E-state index is 12.9. The molecule has 146 valence electrons. The summed E-state index contributed by atoms with van der Waals surface area (Å²) in [6.07, 6.45) is 4.93. The number of carbonyl (C=O) groups is 2. The molecule has 1 aliphatic carbocycles. The Kier molecular flexibility index (Phi) is 5.32. The summed E-state index contributed by atoms with van der Waals surface area (Å²) in [6.45, 7) is 6.69. The van der Waals surface area contributed by atoms with E-state index in [2.05, 4.69) is 9.88 Å². The maximum Gasteiger partial charge on any atom is 0.225 e. The molecule has 2 saturated heterocycles. The van der Waals surface area contributed by atoms with Crippen molar-refractivity contribution in [2.75, 3.05) is 44.2 Å². The number of amides is 2. The molecule has 6 nitrogen and oxygen atoms in total. The van der Waals surface area contributed by atoms with Crippen molar-refractivity contribution in [3.8, 4) is 0 Å². The lowest BCUT2D eigenvalue weighted by Gasteiger charge is -2.40. The van der Waals surface area contributed by atoms with Crippen LogP contribution in [0.25, 0.3) is 0 Å². The fourth-order valence-corrected chi connectivity index (χ4v) is 4.38. The number of aromatic nitrogens is 1. The average Bonchev–Trinajstić information content (AvgIpc) is 2.66. The van der Waals surface area contributed by atoms with Crippen molar-refractivity contribution in [3.63, 3.8) is 0 Å². The zero-order valence-electron chi connectivity index (χ0n) is 16.3. The summed E-state index contributed by atoms with van der Waals surface area (Å²) in [5.74, 6) is 1.96. The Morgan fingerprint density at radius 1 is 0.852 bits per heavy atom. The minimum absolute atomic E-state index is 0.0825. The largest absolute Gasteiger partial charge is 0.353 e. The second-order valence-corrected chi connectivity index (χ2v) is 8.18. The van der Waals surface area contributed by atoms with E-state index < -0.39 is 0 Å². The number of likely N-dealkylation sites (tertiary alicyclic amines) is 1. The van der Waals surface area contributed by atoms with Gasteiger partial charge in [-0.05, 0) is 44.7 Å². The molecule has 0 bridgehead atoms. The number of nitrogens with zero attached hydrogens (tertiary/aromatic N) is 4. The number of rotatable bonds is 3. The van der Waals surface area contributed by atoms with E-state index in [-0.39, 0.29) is 17.7 Å².